The predicted molar refractivity (Wildman–Crippen MR) is 91.0 cm³/mol. The Bertz CT molecular complexity index is 787. The lowest BCUT2D eigenvalue weighted by Gasteiger charge is -2.12. The van der Waals surface area contributed by atoms with Crippen LogP contribution in [-0.2, 0) is 14.9 Å². The Morgan fingerprint density at radius 1 is 1.43 bits per heavy atom. The first kappa shape index (κ1) is 17.7. The number of thioether (sulfide) groups is 1. The van der Waals surface area contributed by atoms with Crippen molar-refractivity contribution in [3.05, 3.63) is 28.7 Å². The number of hydrogen-bond acceptors (Lipinski definition) is 7. The van der Waals surface area contributed by atoms with Crippen LogP contribution < -0.4 is 4.74 Å². The van der Waals surface area contributed by atoms with E-state index in [1.807, 2.05) is 0 Å². The minimum Gasteiger partial charge on any atom is -0.504 e. The predicted octanol–water partition coefficient (Wildman–Crippen LogP) is 1.49. The summed E-state index contributed by atoms with van der Waals surface area (Å²) >= 11 is 6.07. The van der Waals surface area contributed by atoms with Crippen LogP contribution in [-0.4, -0.2) is 52.6 Å². The van der Waals surface area contributed by atoms with E-state index in [-0.39, 0.29) is 16.6 Å². The number of methoxy groups -OCH3 is 1. The fourth-order valence-electron chi connectivity index (χ4n) is 1.85. The molecule has 0 aromatic heterocycles. The molecule has 0 atom stereocenters. The Labute approximate surface area is 142 Å². The van der Waals surface area contributed by atoms with Gasteiger partial charge in [0.25, 0.3) is 16.0 Å². The second-order valence-electron chi connectivity index (χ2n) is 4.55. The van der Waals surface area contributed by atoms with E-state index in [4.69, 9.17) is 21.5 Å². The normalized spacial score (nSPS) is 17.1. The van der Waals surface area contributed by atoms with Crippen LogP contribution >= 0.6 is 24.0 Å². The van der Waals surface area contributed by atoms with Gasteiger partial charge in [0, 0.05) is 6.54 Å². The smallest absolute Gasteiger partial charge is 0.266 e. The Balaban J connectivity index is 2.19. The summed E-state index contributed by atoms with van der Waals surface area (Å²) < 4.78 is 35.5. The van der Waals surface area contributed by atoms with Crippen molar-refractivity contribution in [2.45, 2.75) is 0 Å². The number of ether oxygens (including phenoxy) is 1. The van der Waals surface area contributed by atoms with Crippen LogP contribution in [0.4, 0.5) is 0 Å². The molecule has 1 aromatic rings. The molecule has 2 rings (SSSR count). The molecule has 0 spiro atoms. The largest absolute Gasteiger partial charge is 0.504 e. The molecule has 1 fully saturated rings. The zero-order valence-corrected chi connectivity index (χ0v) is 14.4. The van der Waals surface area contributed by atoms with Crippen molar-refractivity contribution in [2.75, 3.05) is 19.4 Å². The molecule has 0 bridgehead atoms. The van der Waals surface area contributed by atoms with Gasteiger partial charge >= 0.3 is 0 Å². The van der Waals surface area contributed by atoms with Crippen molar-refractivity contribution in [3.8, 4) is 11.5 Å². The van der Waals surface area contributed by atoms with E-state index in [1.54, 1.807) is 12.1 Å². The molecule has 0 saturated carbocycles. The highest BCUT2D eigenvalue weighted by Crippen LogP contribution is 2.34. The second kappa shape index (κ2) is 6.87. The molecule has 0 radical (unpaired) electrons. The maximum atomic E-state index is 12.2. The zero-order valence-electron chi connectivity index (χ0n) is 11.9. The number of benzene rings is 1. The Kier molecular flexibility index (Phi) is 5.30. The molecule has 1 aliphatic rings. The highest BCUT2D eigenvalue weighted by Gasteiger charge is 2.32. The third kappa shape index (κ3) is 4.44. The number of thiocarbonyl (C=S) groups is 1. The van der Waals surface area contributed by atoms with E-state index >= 15 is 0 Å². The third-order valence-electron chi connectivity index (χ3n) is 2.95. The van der Waals surface area contributed by atoms with E-state index in [1.165, 1.54) is 19.3 Å². The Morgan fingerprint density at radius 3 is 2.70 bits per heavy atom. The molecule has 1 aromatic carbocycles. The van der Waals surface area contributed by atoms with Crippen LogP contribution in [0.5, 0.6) is 11.5 Å². The minimum atomic E-state index is -4.18. The lowest BCUT2D eigenvalue weighted by molar-refractivity contribution is -0.121. The van der Waals surface area contributed by atoms with Crippen molar-refractivity contribution in [2.24, 2.45) is 0 Å². The van der Waals surface area contributed by atoms with Gasteiger partial charge in [-0.3, -0.25) is 14.2 Å². The van der Waals surface area contributed by atoms with Crippen molar-refractivity contribution in [1.82, 2.24) is 4.90 Å². The van der Waals surface area contributed by atoms with Crippen LogP contribution in [0.25, 0.3) is 6.08 Å². The molecule has 23 heavy (non-hydrogen) atoms. The van der Waals surface area contributed by atoms with E-state index < -0.39 is 21.8 Å². The standard InChI is InChI=1S/C13H13NO6S3/c1-20-10-3-2-8(6-9(10)15)7-11-12(16)14(13(21)22-11)4-5-23(17,18)19/h2-3,6-7,15H,4-5H2,1H3,(H,17,18,19). The molecule has 2 N–H and O–H groups in total. The van der Waals surface area contributed by atoms with Crippen molar-refractivity contribution in [3.63, 3.8) is 0 Å². The van der Waals surface area contributed by atoms with E-state index in [0.717, 1.165) is 16.7 Å². The number of hydrogen-bond donors (Lipinski definition) is 2. The molecule has 1 aliphatic heterocycles. The summed E-state index contributed by atoms with van der Waals surface area (Å²) in [5.41, 5.74) is 0.568. The van der Waals surface area contributed by atoms with Crippen molar-refractivity contribution < 1.29 is 27.6 Å². The van der Waals surface area contributed by atoms with Crippen molar-refractivity contribution in [1.29, 1.82) is 0 Å². The Hall–Kier alpha value is -1.62. The lowest BCUT2D eigenvalue weighted by atomic mass is 10.2. The van der Waals surface area contributed by atoms with Gasteiger partial charge in [-0.15, -0.1) is 0 Å². The third-order valence-corrected chi connectivity index (χ3v) is 5.02. The van der Waals surface area contributed by atoms with Gasteiger partial charge in [0.1, 0.15) is 4.32 Å². The first-order valence-electron chi connectivity index (χ1n) is 6.29. The summed E-state index contributed by atoms with van der Waals surface area (Å²) in [6, 6.07) is 4.65. The van der Waals surface area contributed by atoms with Crippen LogP contribution in [0.1, 0.15) is 5.56 Å². The van der Waals surface area contributed by atoms with Gasteiger partial charge in [0.05, 0.1) is 17.8 Å². The van der Waals surface area contributed by atoms with Gasteiger partial charge in [-0.25, -0.2) is 0 Å². The molecule has 1 saturated heterocycles. The fourth-order valence-corrected chi connectivity index (χ4v) is 3.57. The highest BCUT2D eigenvalue weighted by atomic mass is 32.2. The Morgan fingerprint density at radius 2 is 2.13 bits per heavy atom. The molecule has 124 valence electrons. The number of amides is 1. The second-order valence-corrected chi connectivity index (χ2v) is 7.80. The molecule has 0 unspecified atom stereocenters. The van der Waals surface area contributed by atoms with Crippen molar-refractivity contribution >= 4 is 50.4 Å². The first-order valence-corrected chi connectivity index (χ1v) is 9.12. The number of carbonyl (C=O) groups excluding carboxylic acids is 1. The number of phenolic OH excluding ortho intramolecular Hbond substituents is 1. The minimum absolute atomic E-state index is 0.0666. The van der Waals surface area contributed by atoms with Crippen LogP contribution in [0.3, 0.4) is 0 Å². The average Bonchev–Trinajstić information content (AvgIpc) is 2.71. The van der Waals surface area contributed by atoms with Gasteiger partial charge in [-0.2, -0.15) is 8.42 Å². The number of aromatic hydroxyl groups is 1. The molecule has 10 heteroatoms. The van der Waals surface area contributed by atoms with Gasteiger partial charge < -0.3 is 9.84 Å². The van der Waals surface area contributed by atoms with Gasteiger partial charge in [0.2, 0.25) is 0 Å². The zero-order chi connectivity index (χ0) is 17.2. The number of rotatable bonds is 5. The van der Waals surface area contributed by atoms with Gasteiger partial charge in [-0.05, 0) is 23.8 Å². The van der Waals surface area contributed by atoms with Gasteiger partial charge in [0.15, 0.2) is 11.5 Å². The summed E-state index contributed by atoms with van der Waals surface area (Å²) in [7, 11) is -2.75. The average molecular weight is 375 g/mol. The maximum Gasteiger partial charge on any atom is 0.266 e. The molecule has 1 amide bonds. The topological polar surface area (TPSA) is 104 Å². The summed E-state index contributed by atoms with van der Waals surface area (Å²) in [5, 5.41) is 9.73. The summed E-state index contributed by atoms with van der Waals surface area (Å²) in [4.78, 5) is 13.6. The lowest BCUT2D eigenvalue weighted by Crippen LogP contribution is -2.32. The van der Waals surface area contributed by atoms with Crippen LogP contribution in [0.2, 0.25) is 0 Å². The SMILES string of the molecule is COc1ccc(C=C2SC(=S)N(CCS(=O)(=O)O)C2=O)cc1O. The van der Waals surface area contributed by atoms with Crippen LogP contribution in [0.15, 0.2) is 23.1 Å². The fraction of sp³-hybridized carbons (Fsp3) is 0.231. The molecular formula is C13H13NO6S3. The molecule has 1 heterocycles. The maximum absolute atomic E-state index is 12.2. The first-order chi connectivity index (χ1) is 10.7. The summed E-state index contributed by atoms with van der Waals surface area (Å²) in [5.74, 6) is -0.791. The van der Waals surface area contributed by atoms with E-state index in [9.17, 15) is 18.3 Å². The number of carbonyl (C=O) groups is 1. The van der Waals surface area contributed by atoms with E-state index in [0.29, 0.717) is 16.2 Å². The molecular weight excluding hydrogens is 362 g/mol. The quantitative estimate of drug-likeness (QED) is 0.453. The van der Waals surface area contributed by atoms with Crippen LogP contribution in [0, 0.1) is 0 Å². The molecule has 7 nitrogen and oxygen atoms in total. The summed E-state index contributed by atoms with van der Waals surface area (Å²) in [6.45, 7) is -0.214. The number of nitrogens with zero attached hydrogens (tertiary/aromatic N) is 1. The van der Waals surface area contributed by atoms with Gasteiger partial charge in [-0.1, -0.05) is 30.0 Å². The summed E-state index contributed by atoms with van der Waals surface area (Å²) in [6.07, 6.45) is 1.53. The molecule has 0 aliphatic carbocycles. The number of phenols is 1. The highest BCUT2D eigenvalue weighted by molar-refractivity contribution is 8.26. The monoisotopic (exact) mass is 375 g/mol. The van der Waals surface area contributed by atoms with E-state index in [2.05, 4.69) is 0 Å².